The summed E-state index contributed by atoms with van der Waals surface area (Å²) in [7, 11) is 0. The monoisotopic (exact) mass is 498 g/mol. The van der Waals surface area contributed by atoms with Gasteiger partial charge in [0.05, 0.1) is 12.1 Å². The molecule has 7 heteroatoms. The lowest BCUT2D eigenvalue weighted by Gasteiger charge is -2.31. The van der Waals surface area contributed by atoms with Crippen molar-refractivity contribution in [1.82, 2.24) is 30.1 Å². The van der Waals surface area contributed by atoms with Crippen LogP contribution in [0.5, 0.6) is 0 Å². The molecule has 1 saturated carbocycles. The van der Waals surface area contributed by atoms with Crippen LogP contribution in [0.3, 0.4) is 0 Å². The zero-order valence-electron chi connectivity index (χ0n) is 22.1. The second-order valence-corrected chi connectivity index (χ2v) is 10.3. The molecule has 1 aliphatic rings. The number of rotatable bonds is 11. The molecule has 1 N–H and O–H groups in total. The highest BCUT2D eigenvalue weighted by atomic mass is 16.1. The second kappa shape index (κ2) is 11.8. The van der Waals surface area contributed by atoms with Crippen LogP contribution in [-0.4, -0.2) is 36.6 Å². The summed E-state index contributed by atoms with van der Waals surface area (Å²) in [5.41, 5.74) is 4.21. The minimum atomic E-state index is -0.0212. The third kappa shape index (κ3) is 5.82. The van der Waals surface area contributed by atoms with Crippen LogP contribution < -0.4 is 5.56 Å². The molecule has 0 saturated heterocycles. The van der Waals surface area contributed by atoms with E-state index in [1.807, 2.05) is 6.07 Å². The van der Waals surface area contributed by atoms with Gasteiger partial charge < -0.3 is 4.98 Å². The van der Waals surface area contributed by atoms with Crippen molar-refractivity contribution in [3.05, 3.63) is 87.5 Å². The van der Waals surface area contributed by atoms with Gasteiger partial charge in [-0.15, -0.1) is 5.10 Å². The van der Waals surface area contributed by atoms with Crippen molar-refractivity contribution in [2.45, 2.75) is 83.8 Å². The highest BCUT2D eigenvalue weighted by Gasteiger charge is 2.30. The van der Waals surface area contributed by atoms with Crippen LogP contribution in [0.15, 0.2) is 59.4 Å². The molecule has 2 aromatic heterocycles. The molecule has 0 spiro atoms. The maximum atomic E-state index is 13.2. The van der Waals surface area contributed by atoms with Crippen molar-refractivity contribution in [3.63, 3.8) is 0 Å². The fourth-order valence-corrected chi connectivity index (χ4v) is 5.70. The molecular formula is C30H38N6O. The van der Waals surface area contributed by atoms with Gasteiger partial charge >= 0.3 is 0 Å². The van der Waals surface area contributed by atoms with Crippen LogP contribution in [-0.2, 0) is 19.4 Å². The average Bonchev–Trinajstić information content (AvgIpc) is 3.63. The van der Waals surface area contributed by atoms with Crippen LogP contribution in [0, 0.1) is 0 Å². The molecule has 37 heavy (non-hydrogen) atoms. The standard InChI is InChI=1S/C30H38N6O/c1-3-10-28(29-32-33-34-36(29)26-13-8-9-14-26)35(18-17-23-11-6-5-7-12-23)21-25-20-24-19-22(4-2)15-16-27(24)31-30(25)37/h5-7,11-12,15-16,19-20,26,28H,3-4,8-10,13-14,17-18,21H2,1-2H3,(H,31,37). The number of tetrazole rings is 1. The third-order valence-electron chi connectivity index (χ3n) is 7.79. The van der Waals surface area contributed by atoms with E-state index in [4.69, 9.17) is 0 Å². The highest BCUT2D eigenvalue weighted by Crippen LogP contribution is 2.33. The van der Waals surface area contributed by atoms with Gasteiger partial charge in [-0.1, -0.05) is 69.5 Å². The number of benzene rings is 2. The fraction of sp³-hybridized carbons (Fsp3) is 0.467. The quantitative estimate of drug-likeness (QED) is 0.284. The largest absolute Gasteiger partial charge is 0.322 e. The van der Waals surface area contributed by atoms with E-state index >= 15 is 0 Å². The smallest absolute Gasteiger partial charge is 0.252 e. The molecule has 4 aromatic rings. The Morgan fingerprint density at radius 2 is 1.86 bits per heavy atom. The van der Waals surface area contributed by atoms with E-state index in [1.165, 1.54) is 24.0 Å². The number of nitrogens with one attached hydrogen (secondary N) is 1. The van der Waals surface area contributed by atoms with Crippen LogP contribution in [0.2, 0.25) is 0 Å². The number of H-pyrrole nitrogens is 1. The van der Waals surface area contributed by atoms with Crippen LogP contribution in [0.25, 0.3) is 10.9 Å². The van der Waals surface area contributed by atoms with E-state index in [2.05, 4.69) is 92.5 Å². The van der Waals surface area contributed by atoms with Crippen molar-refractivity contribution >= 4 is 10.9 Å². The molecule has 1 fully saturated rings. The number of aromatic nitrogens is 5. The van der Waals surface area contributed by atoms with E-state index in [0.29, 0.717) is 12.6 Å². The summed E-state index contributed by atoms with van der Waals surface area (Å²) in [6.45, 7) is 5.74. The van der Waals surface area contributed by atoms with E-state index in [0.717, 1.165) is 67.4 Å². The maximum absolute atomic E-state index is 13.2. The lowest BCUT2D eigenvalue weighted by molar-refractivity contribution is 0.163. The molecule has 1 atom stereocenters. The molecule has 0 amide bonds. The molecule has 0 radical (unpaired) electrons. The number of aromatic amines is 1. The van der Waals surface area contributed by atoms with E-state index < -0.39 is 0 Å². The van der Waals surface area contributed by atoms with Crippen LogP contribution in [0.1, 0.15) is 87.0 Å². The van der Waals surface area contributed by atoms with Gasteiger partial charge in [-0.25, -0.2) is 4.68 Å². The SMILES string of the molecule is CCCC(c1nnnn1C1CCCC1)N(CCc1ccccc1)Cc1cc2cc(CC)ccc2[nH]c1=O. The summed E-state index contributed by atoms with van der Waals surface area (Å²) in [5, 5.41) is 14.2. The van der Waals surface area contributed by atoms with Gasteiger partial charge in [0.15, 0.2) is 5.82 Å². The zero-order chi connectivity index (χ0) is 25.6. The normalized spacial score (nSPS) is 15.1. The van der Waals surface area contributed by atoms with E-state index in [-0.39, 0.29) is 11.6 Å². The van der Waals surface area contributed by atoms with Crippen molar-refractivity contribution < 1.29 is 0 Å². The molecule has 1 aliphatic carbocycles. The van der Waals surface area contributed by atoms with Gasteiger partial charge in [0.1, 0.15) is 0 Å². The number of fused-ring (bicyclic) bond motifs is 1. The summed E-state index contributed by atoms with van der Waals surface area (Å²) in [6, 6.07) is 19.3. The first-order valence-corrected chi connectivity index (χ1v) is 13.9. The molecular weight excluding hydrogens is 460 g/mol. The fourth-order valence-electron chi connectivity index (χ4n) is 5.70. The van der Waals surface area contributed by atoms with Gasteiger partial charge in [-0.2, -0.15) is 0 Å². The first kappa shape index (κ1) is 25.3. The van der Waals surface area contributed by atoms with Crippen molar-refractivity contribution in [2.75, 3.05) is 6.54 Å². The molecule has 2 heterocycles. The average molecular weight is 499 g/mol. The van der Waals surface area contributed by atoms with Crippen LogP contribution in [0.4, 0.5) is 0 Å². The predicted molar refractivity (Wildman–Crippen MR) is 147 cm³/mol. The Kier molecular flexibility index (Phi) is 8.09. The van der Waals surface area contributed by atoms with Gasteiger partial charge in [0.25, 0.3) is 5.56 Å². The Morgan fingerprint density at radius 1 is 1.05 bits per heavy atom. The molecule has 0 bridgehead atoms. The first-order valence-electron chi connectivity index (χ1n) is 13.9. The van der Waals surface area contributed by atoms with Crippen molar-refractivity contribution in [3.8, 4) is 0 Å². The minimum absolute atomic E-state index is 0.0212. The lowest BCUT2D eigenvalue weighted by Crippen LogP contribution is -2.35. The number of hydrogen-bond donors (Lipinski definition) is 1. The van der Waals surface area contributed by atoms with Crippen molar-refractivity contribution in [2.24, 2.45) is 0 Å². The summed E-state index contributed by atoms with van der Waals surface area (Å²) >= 11 is 0. The minimum Gasteiger partial charge on any atom is -0.322 e. The number of nitrogens with zero attached hydrogens (tertiary/aromatic N) is 5. The summed E-state index contributed by atoms with van der Waals surface area (Å²) in [5.74, 6) is 0.937. The molecule has 194 valence electrons. The first-order chi connectivity index (χ1) is 18.2. The Bertz CT molecular complexity index is 1360. The highest BCUT2D eigenvalue weighted by molar-refractivity contribution is 5.79. The lowest BCUT2D eigenvalue weighted by atomic mass is 10.0. The van der Waals surface area contributed by atoms with Gasteiger partial charge in [-0.05, 0) is 77.2 Å². The molecule has 0 aliphatic heterocycles. The van der Waals surface area contributed by atoms with Crippen LogP contribution >= 0.6 is 0 Å². The van der Waals surface area contributed by atoms with Gasteiger partial charge in [0, 0.05) is 24.2 Å². The summed E-state index contributed by atoms with van der Waals surface area (Å²) < 4.78 is 2.08. The number of pyridine rings is 1. The predicted octanol–water partition coefficient (Wildman–Crippen LogP) is 5.78. The number of hydrogen-bond acceptors (Lipinski definition) is 5. The van der Waals surface area contributed by atoms with E-state index in [1.54, 1.807) is 0 Å². The molecule has 7 nitrogen and oxygen atoms in total. The molecule has 5 rings (SSSR count). The third-order valence-corrected chi connectivity index (χ3v) is 7.79. The van der Waals surface area contributed by atoms with Crippen molar-refractivity contribution in [1.29, 1.82) is 0 Å². The Hall–Kier alpha value is -3.32. The Morgan fingerprint density at radius 3 is 2.62 bits per heavy atom. The van der Waals surface area contributed by atoms with Gasteiger partial charge in [-0.3, -0.25) is 9.69 Å². The van der Waals surface area contributed by atoms with Gasteiger partial charge in [0.2, 0.25) is 0 Å². The zero-order valence-corrected chi connectivity index (χ0v) is 22.1. The topological polar surface area (TPSA) is 79.7 Å². The molecule has 2 aromatic carbocycles. The van der Waals surface area contributed by atoms with E-state index in [9.17, 15) is 4.79 Å². The Labute approximate surface area is 218 Å². The summed E-state index contributed by atoms with van der Waals surface area (Å²) in [4.78, 5) is 18.8. The molecule has 1 unspecified atom stereocenters. The maximum Gasteiger partial charge on any atom is 0.252 e. The Balaban J connectivity index is 1.51. The number of aryl methyl sites for hydroxylation is 1. The second-order valence-electron chi connectivity index (χ2n) is 10.3. The summed E-state index contributed by atoms with van der Waals surface area (Å²) in [6.07, 6.45) is 8.54.